The third-order valence-electron chi connectivity index (χ3n) is 3.02. The number of aromatic hydroxyl groups is 1. The summed E-state index contributed by atoms with van der Waals surface area (Å²) < 4.78 is 9.30. The van der Waals surface area contributed by atoms with Gasteiger partial charge in [-0.2, -0.15) is 0 Å². The molecule has 0 amide bonds. The maximum atomic E-state index is 11.9. The van der Waals surface area contributed by atoms with E-state index in [4.69, 9.17) is 5.39 Å². The number of rotatable bonds is 2. The third-order valence-corrected chi connectivity index (χ3v) is 3.02. The quantitative estimate of drug-likeness (QED) is 0.672. The highest BCUT2D eigenvalue weighted by Gasteiger charge is 2.40. The zero-order chi connectivity index (χ0) is 15.6. The van der Waals surface area contributed by atoms with Crippen LogP contribution in [0.2, 0.25) is 0 Å². The van der Waals surface area contributed by atoms with Gasteiger partial charge in [0.1, 0.15) is 5.75 Å². The first-order chi connectivity index (χ1) is 10.0. The van der Waals surface area contributed by atoms with Crippen LogP contribution < -0.4 is 0 Å². The van der Waals surface area contributed by atoms with E-state index in [2.05, 4.69) is 14.4 Å². The summed E-state index contributed by atoms with van der Waals surface area (Å²) in [5.41, 5.74) is 0.220. The van der Waals surface area contributed by atoms with Gasteiger partial charge in [0.2, 0.25) is 5.39 Å². The number of hydrogen-bond acceptors (Lipinski definition) is 6. The van der Waals surface area contributed by atoms with Crippen molar-refractivity contribution in [2.45, 2.75) is 0 Å². The van der Waals surface area contributed by atoms with Gasteiger partial charge < -0.3 is 14.6 Å². The van der Waals surface area contributed by atoms with Crippen LogP contribution >= 0.6 is 0 Å². The molecule has 2 aliphatic carbocycles. The van der Waals surface area contributed by atoms with Crippen LogP contribution in [0.1, 0.15) is 20.7 Å². The first kappa shape index (κ1) is 14.3. The van der Waals surface area contributed by atoms with Crippen molar-refractivity contribution in [1.29, 1.82) is 5.39 Å². The van der Waals surface area contributed by atoms with E-state index in [1.165, 1.54) is 38.5 Å². The number of hydrogen-bond donors (Lipinski definition) is 1. The second-order valence-electron chi connectivity index (χ2n) is 4.10. The highest BCUT2D eigenvalue weighted by Crippen LogP contribution is 2.43. The Morgan fingerprint density at radius 1 is 1.00 bits per heavy atom. The molecule has 0 bridgehead atoms. The van der Waals surface area contributed by atoms with Crippen molar-refractivity contribution >= 4 is 17.6 Å². The zero-order valence-corrected chi connectivity index (χ0v) is 11.3. The number of carbonyl (C=O) groups is 2. The smallest absolute Gasteiger partial charge is 0.415 e. The van der Waals surface area contributed by atoms with Crippen LogP contribution in [0.5, 0.6) is 5.75 Å². The minimum atomic E-state index is -0.770. The molecule has 0 aliphatic heterocycles. The van der Waals surface area contributed by atoms with E-state index in [0.717, 1.165) is 0 Å². The fourth-order valence-electron chi connectivity index (χ4n) is 2.11. The molecule has 0 aromatic carbocycles. The highest BCUT2D eigenvalue weighted by atomic mass is 16.5. The molecule has 0 heterocycles. The molecule has 2 aliphatic rings. The van der Waals surface area contributed by atoms with Crippen LogP contribution in [-0.4, -0.2) is 31.3 Å². The van der Waals surface area contributed by atoms with Gasteiger partial charge in [0.05, 0.1) is 14.2 Å². The Morgan fingerprint density at radius 3 is 1.76 bits per heavy atom. The number of methoxy groups -OCH3 is 2. The van der Waals surface area contributed by atoms with Gasteiger partial charge in [-0.25, -0.2) is 9.59 Å². The number of esters is 2. The summed E-state index contributed by atoms with van der Waals surface area (Å²) in [4.78, 5) is 26.8. The molecule has 106 valence electrons. The summed E-state index contributed by atoms with van der Waals surface area (Å²) in [5, 5.41) is 18.7. The van der Waals surface area contributed by atoms with Crippen molar-refractivity contribution in [3.05, 3.63) is 40.4 Å². The van der Waals surface area contributed by atoms with E-state index in [1.54, 1.807) is 0 Å². The minimum absolute atomic E-state index is 0.0553. The fourth-order valence-corrected chi connectivity index (χ4v) is 2.11. The fraction of sp³-hybridized carbons (Fsp3) is 0.143. The molecule has 0 saturated heterocycles. The molecule has 21 heavy (non-hydrogen) atoms. The van der Waals surface area contributed by atoms with Gasteiger partial charge >= 0.3 is 17.6 Å². The van der Waals surface area contributed by atoms with Crippen LogP contribution in [0.4, 0.5) is 5.69 Å². The molecule has 0 fully saturated rings. The van der Waals surface area contributed by atoms with Crippen LogP contribution in [0.25, 0.3) is 16.1 Å². The lowest BCUT2D eigenvalue weighted by molar-refractivity contribution is 0.0600. The molecule has 0 aromatic rings. The molecular weight excluding hydrogens is 276 g/mol. The highest BCUT2D eigenvalue weighted by molar-refractivity contribution is 6.16. The molecule has 0 aromatic heterocycles. The summed E-state index contributed by atoms with van der Waals surface area (Å²) in [5.74, 6) is -1.59. The van der Waals surface area contributed by atoms with Crippen LogP contribution in [0.15, 0.2) is 24.3 Å². The second-order valence-corrected chi connectivity index (χ2v) is 4.10. The van der Waals surface area contributed by atoms with E-state index < -0.39 is 11.9 Å². The predicted octanol–water partition coefficient (Wildman–Crippen LogP) is 2.55. The molecule has 0 radical (unpaired) electrons. The van der Waals surface area contributed by atoms with Gasteiger partial charge in [-0.1, -0.05) is 0 Å². The lowest BCUT2D eigenvalue weighted by Gasteiger charge is -1.97. The Labute approximate surface area is 119 Å². The van der Waals surface area contributed by atoms with E-state index in [1.807, 2.05) is 0 Å². The van der Waals surface area contributed by atoms with E-state index in [9.17, 15) is 14.7 Å². The molecule has 0 spiro atoms. The summed E-state index contributed by atoms with van der Waals surface area (Å²) in [7, 11) is 2.33. The van der Waals surface area contributed by atoms with Crippen molar-refractivity contribution in [3.8, 4) is 16.9 Å². The Bertz CT molecular complexity index is 694. The summed E-state index contributed by atoms with van der Waals surface area (Å²) >= 11 is 0. The number of carbonyl (C=O) groups excluding carboxylic acids is 2. The summed E-state index contributed by atoms with van der Waals surface area (Å²) in [6, 6.07) is 5.55. The SMILES string of the molecule is COC(=O)c1c2ccc(O)ccc-2c(C(=O)OC)c1[N+]#N. The van der Waals surface area contributed by atoms with Crippen LogP contribution in [0.3, 0.4) is 0 Å². The van der Waals surface area contributed by atoms with Crippen LogP contribution in [0, 0.1) is 5.39 Å². The lowest BCUT2D eigenvalue weighted by Crippen LogP contribution is -2.02. The maximum Gasteiger partial charge on any atom is 0.415 e. The molecule has 0 atom stereocenters. The summed E-state index contributed by atoms with van der Waals surface area (Å²) in [6.45, 7) is 0. The molecule has 2 rings (SSSR count). The minimum Gasteiger partial charge on any atom is -0.508 e. The Morgan fingerprint density at radius 2 is 1.43 bits per heavy atom. The van der Waals surface area contributed by atoms with Gasteiger partial charge in [-0.15, -0.1) is 0 Å². The van der Waals surface area contributed by atoms with E-state index in [-0.39, 0.29) is 22.6 Å². The second kappa shape index (κ2) is 5.46. The molecule has 0 unspecified atom stereocenters. The predicted molar refractivity (Wildman–Crippen MR) is 72.2 cm³/mol. The number of nitrogens with zero attached hydrogens (tertiary/aromatic N) is 2. The molecule has 7 heteroatoms. The summed E-state index contributed by atoms with van der Waals surface area (Å²) in [6.07, 6.45) is 0. The maximum absolute atomic E-state index is 11.9. The van der Waals surface area contributed by atoms with Gasteiger partial charge in [-0.3, -0.25) is 0 Å². The van der Waals surface area contributed by atoms with Crippen molar-refractivity contribution in [2.24, 2.45) is 0 Å². The first-order valence-electron chi connectivity index (χ1n) is 5.85. The largest absolute Gasteiger partial charge is 0.508 e. The van der Waals surface area contributed by atoms with E-state index in [0.29, 0.717) is 11.1 Å². The normalized spacial score (nSPS) is 9.95. The van der Waals surface area contributed by atoms with E-state index >= 15 is 0 Å². The molecule has 0 saturated carbocycles. The van der Waals surface area contributed by atoms with Gasteiger partial charge in [0, 0.05) is 11.1 Å². The first-order valence-corrected chi connectivity index (χ1v) is 5.85. The zero-order valence-electron chi connectivity index (χ0n) is 11.3. The molecular formula is C14H11N2O5+. The number of ether oxygens (including phenoxy) is 2. The van der Waals surface area contributed by atoms with Crippen molar-refractivity contribution in [3.63, 3.8) is 0 Å². The molecule has 7 nitrogen and oxygen atoms in total. The van der Waals surface area contributed by atoms with Gasteiger partial charge in [0.15, 0.2) is 16.1 Å². The Hall–Kier alpha value is -3.14. The lowest BCUT2D eigenvalue weighted by atomic mass is 10.1. The number of diazo groups is 1. The average molecular weight is 287 g/mol. The van der Waals surface area contributed by atoms with Crippen molar-refractivity contribution < 1.29 is 24.2 Å². The van der Waals surface area contributed by atoms with Gasteiger partial charge in [-0.05, 0) is 24.3 Å². The average Bonchev–Trinajstić information content (AvgIpc) is 2.70. The Balaban J connectivity index is 2.94. The topological polar surface area (TPSA) is 101 Å². The van der Waals surface area contributed by atoms with Crippen molar-refractivity contribution in [2.75, 3.05) is 14.2 Å². The Kier molecular flexibility index (Phi) is 3.71. The molecule has 1 N–H and O–H groups in total. The standard InChI is InChI=1S/C14H10N2O5/c1-20-13(18)10-8-5-3-7(17)4-6-9(8)11(12(10)16-15)14(19)21-2/h3-6H,1-2H3/p+1. The van der Waals surface area contributed by atoms with Crippen LogP contribution in [-0.2, 0) is 9.47 Å². The third kappa shape index (κ3) is 2.23. The monoisotopic (exact) mass is 287 g/mol. The number of fused-ring (bicyclic) bond motifs is 1. The van der Waals surface area contributed by atoms with Crippen molar-refractivity contribution in [1.82, 2.24) is 0 Å². The van der Waals surface area contributed by atoms with Gasteiger partial charge in [0.25, 0.3) is 0 Å².